The Balaban J connectivity index is 2.92. The van der Waals surface area contributed by atoms with Gasteiger partial charge in [-0.15, -0.1) is 0 Å². The maximum Gasteiger partial charge on any atom is 0.137 e. The van der Waals surface area contributed by atoms with E-state index in [0.717, 1.165) is 17.3 Å². The molecule has 0 spiro atoms. The summed E-state index contributed by atoms with van der Waals surface area (Å²) >= 11 is 9.44. The predicted octanol–water partition coefficient (Wildman–Crippen LogP) is 4.54. The Morgan fingerprint density at radius 3 is 2.80 bits per heavy atom. The highest BCUT2D eigenvalue weighted by atomic mass is 79.9. The van der Waals surface area contributed by atoms with E-state index in [1.165, 1.54) is 5.57 Å². The average molecular weight is 290 g/mol. The van der Waals surface area contributed by atoms with Crippen LogP contribution in [-0.2, 0) is 0 Å². The molecule has 15 heavy (non-hydrogen) atoms. The molecular weight excluding hydrogens is 275 g/mol. The molecule has 0 amide bonds. The number of ether oxygens (including phenoxy) is 1. The largest absolute Gasteiger partial charge is 0.495 e. The topological polar surface area (TPSA) is 9.23 Å². The lowest BCUT2D eigenvalue weighted by Crippen LogP contribution is -1.86. The zero-order valence-electron chi connectivity index (χ0n) is 8.89. The molecule has 0 N–H and O–H groups in total. The van der Waals surface area contributed by atoms with Crippen LogP contribution in [0.1, 0.15) is 18.9 Å². The molecule has 1 aromatic rings. The lowest BCUT2D eigenvalue weighted by atomic mass is 10.1. The number of hydrogen-bond acceptors (Lipinski definition) is 1. The molecule has 0 bridgehead atoms. The van der Waals surface area contributed by atoms with Crippen molar-refractivity contribution in [3.05, 3.63) is 34.9 Å². The Morgan fingerprint density at radius 2 is 2.27 bits per heavy atom. The van der Waals surface area contributed by atoms with Gasteiger partial charge in [0.05, 0.1) is 12.1 Å². The molecule has 1 rings (SSSR count). The first-order valence-electron chi connectivity index (χ1n) is 4.75. The summed E-state index contributed by atoms with van der Waals surface area (Å²) in [6, 6.07) is 5.84. The van der Waals surface area contributed by atoms with E-state index in [1.54, 1.807) is 7.11 Å². The Kier molecular flexibility index (Phi) is 5.20. The van der Waals surface area contributed by atoms with Crippen molar-refractivity contribution < 1.29 is 4.74 Å². The molecule has 0 aromatic heterocycles. The van der Waals surface area contributed by atoms with Crippen molar-refractivity contribution in [1.82, 2.24) is 0 Å². The summed E-state index contributed by atoms with van der Waals surface area (Å²) in [5.41, 5.74) is 2.38. The molecule has 82 valence electrons. The quantitative estimate of drug-likeness (QED) is 0.740. The minimum atomic E-state index is 0.654. The summed E-state index contributed by atoms with van der Waals surface area (Å²) in [5.74, 6) is 0.716. The van der Waals surface area contributed by atoms with Crippen molar-refractivity contribution in [2.24, 2.45) is 0 Å². The third-order valence-corrected chi connectivity index (χ3v) is 2.92. The van der Waals surface area contributed by atoms with E-state index in [4.69, 9.17) is 16.3 Å². The van der Waals surface area contributed by atoms with Gasteiger partial charge in [0.15, 0.2) is 0 Å². The molecule has 0 unspecified atom stereocenters. The average Bonchev–Trinajstić information content (AvgIpc) is 2.25. The molecule has 3 heteroatoms. The molecule has 0 fully saturated rings. The molecular formula is C12H14BrClO. The zero-order chi connectivity index (χ0) is 11.3. The summed E-state index contributed by atoms with van der Waals surface area (Å²) in [6.07, 6.45) is 3.21. The second kappa shape index (κ2) is 6.19. The standard InChI is InChI=1S/C12H14BrClO/c1-9(4-3-7-13)10-5-6-12(15-2)11(14)8-10/h4-6,8H,3,7H2,1-2H3/b9-4+. The molecule has 0 atom stereocenters. The van der Waals surface area contributed by atoms with Crippen molar-refractivity contribution in [1.29, 1.82) is 0 Å². The first kappa shape index (κ1) is 12.6. The van der Waals surface area contributed by atoms with Crippen molar-refractivity contribution in [2.75, 3.05) is 12.4 Å². The summed E-state index contributed by atoms with van der Waals surface area (Å²) < 4.78 is 5.10. The van der Waals surface area contributed by atoms with Gasteiger partial charge in [-0.25, -0.2) is 0 Å². The number of alkyl halides is 1. The van der Waals surface area contributed by atoms with Crippen molar-refractivity contribution >= 4 is 33.1 Å². The van der Waals surface area contributed by atoms with Crippen molar-refractivity contribution in [3.63, 3.8) is 0 Å². The fraction of sp³-hybridized carbons (Fsp3) is 0.333. The van der Waals surface area contributed by atoms with E-state index in [1.807, 2.05) is 18.2 Å². The van der Waals surface area contributed by atoms with Crippen LogP contribution in [0.4, 0.5) is 0 Å². The number of rotatable bonds is 4. The summed E-state index contributed by atoms with van der Waals surface area (Å²) in [7, 11) is 1.62. The van der Waals surface area contributed by atoms with Crippen LogP contribution in [0.15, 0.2) is 24.3 Å². The predicted molar refractivity (Wildman–Crippen MR) is 70.1 cm³/mol. The minimum Gasteiger partial charge on any atom is -0.495 e. The Morgan fingerprint density at radius 1 is 1.53 bits per heavy atom. The van der Waals surface area contributed by atoms with Gasteiger partial charge in [-0.1, -0.05) is 39.7 Å². The molecule has 0 heterocycles. The van der Waals surface area contributed by atoms with Gasteiger partial charge in [0.1, 0.15) is 5.75 Å². The molecule has 0 aliphatic carbocycles. The van der Waals surface area contributed by atoms with Crippen LogP contribution in [0.3, 0.4) is 0 Å². The SMILES string of the molecule is COc1ccc(/C(C)=C/CCBr)cc1Cl. The van der Waals surface area contributed by atoms with Gasteiger partial charge < -0.3 is 4.74 Å². The van der Waals surface area contributed by atoms with E-state index in [2.05, 4.69) is 28.9 Å². The second-order valence-corrected chi connectivity index (χ2v) is 4.41. The smallest absolute Gasteiger partial charge is 0.137 e. The summed E-state index contributed by atoms with van der Waals surface area (Å²) in [6.45, 7) is 2.08. The lowest BCUT2D eigenvalue weighted by molar-refractivity contribution is 0.415. The monoisotopic (exact) mass is 288 g/mol. The van der Waals surface area contributed by atoms with E-state index >= 15 is 0 Å². The third kappa shape index (κ3) is 3.54. The fourth-order valence-corrected chi connectivity index (χ4v) is 1.79. The molecule has 1 nitrogen and oxygen atoms in total. The molecule has 0 radical (unpaired) electrons. The molecule has 0 aliphatic rings. The van der Waals surface area contributed by atoms with E-state index in [0.29, 0.717) is 10.8 Å². The van der Waals surface area contributed by atoms with Gasteiger partial charge in [0, 0.05) is 5.33 Å². The summed E-state index contributed by atoms with van der Waals surface area (Å²) in [5, 5.41) is 1.63. The van der Waals surface area contributed by atoms with Crippen LogP contribution in [0.5, 0.6) is 5.75 Å². The maximum atomic E-state index is 6.05. The Labute approximate surface area is 104 Å². The lowest BCUT2D eigenvalue weighted by Gasteiger charge is -2.06. The number of allylic oxidation sites excluding steroid dienone is 2. The Hall–Kier alpha value is -0.470. The summed E-state index contributed by atoms with van der Waals surface area (Å²) in [4.78, 5) is 0. The second-order valence-electron chi connectivity index (χ2n) is 3.21. The van der Waals surface area contributed by atoms with Crippen LogP contribution in [0, 0.1) is 0 Å². The Bertz CT molecular complexity index is 361. The van der Waals surface area contributed by atoms with Gasteiger partial charge in [-0.05, 0) is 36.6 Å². The van der Waals surface area contributed by atoms with E-state index in [9.17, 15) is 0 Å². The zero-order valence-corrected chi connectivity index (χ0v) is 11.2. The van der Waals surface area contributed by atoms with Crippen LogP contribution in [0.2, 0.25) is 5.02 Å². The first-order chi connectivity index (χ1) is 7.19. The van der Waals surface area contributed by atoms with Gasteiger partial charge in [-0.3, -0.25) is 0 Å². The highest BCUT2D eigenvalue weighted by Crippen LogP contribution is 2.27. The van der Waals surface area contributed by atoms with Gasteiger partial charge in [-0.2, -0.15) is 0 Å². The van der Waals surface area contributed by atoms with Gasteiger partial charge in [0.2, 0.25) is 0 Å². The highest BCUT2D eigenvalue weighted by molar-refractivity contribution is 9.09. The highest BCUT2D eigenvalue weighted by Gasteiger charge is 2.02. The van der Waals surface area contributed by atoms with Crippen LogP contribution in [0.25, 0.3) is 5.57 Å². The number of methoxy groups -OCH3 is 1. The van der Waals surface area contributed by atoms with Crippen LogP contribution < -0.4 is 4.74 Å². The van der Waals surface area contributed by atoms with Crippen LogP contribution in [-0.4, -0.2) is 12.4 Å². The first-order valence-corrected chi connectivity index (χ1v) is 6.25. The third-order valence-electron chi connectivity index (χ3n) is 2.17. The number of halogens is 2. The fourth-order valence-electron chi connectivity index (χ4n) is 1.30. The molecule has 0 saturated heterocycles. The molecule has 0 aliphatic heterocycles. The van der Waals surface area contributed by atoms with Crippen molar-refractivity contribution in [2.45, 2.75) is 13.3 Å². The number of benzene rings is 1. The number of hydrogen-bond donors (Lipinski definition) is 0. The minimum absolute atomic E-state index is 0.654. The van der Waals surface area contributed by atoms with E-state index in [-0.39, 0.29) is 0 Å². The van der Waals surface area contributed by atoms with Gasteiger partial charge >= 0.3 is 0 Å². The maximum absolute atomic E-state index is 6.05. The van der Waals surface area contributed by atoms with Crippen molar-refractivity contribution in [3.8, 4) is 5.75 Å². The molecule has 0 saturated carbocycles. The van der Waals surface area contributed by atoms with E-state index < -0.39 is 0 Å². The molecule has 1 aromatic carbocycles. The normalized spacial score (nSPS) is 11.6. The van der Waals surface area contributed by atoms with Gasteiger partial charge in [0.25, 0.3) is 0 Å². The van der Waals surface area contributed by atoms with Crippen LogP contribution >= 0.6 is 27.5 Å².